The Balaban J connectivity index is 1.83. The fraction of sp³-hybridized carbons (Fsp3) is 0.529. The number of H-pyrrole nitrogens is 1. The summed E-state index contributed by atoms with van der Waals surface area (Å²) >= 11 is 7.96. The van der Waals surface area contributed by atoms with Crippen LogP contribution in [0, 0.1) is 0 Å². The Labute approximate surface area is 150 Å². The fourth-order valence-electron chi connectivity index (χ4n) is 2.96. The third-order valence-electron chi connectivity index (χ3n) is 4.26. The van der Waals surface area contributed by atoms with Crippen molar-refractivity contribution in [3.63, 3.8) is 0 Å². The van der Waals surface area contributed by atoms with Crippen LogP contribution in [0.4, 0.5) is 0 Å². The highest BCUT2D eigenvalue weighted by molar-refractivity contribution is 8.00. The maximum absolute atomic E-state index is 12.5. The van der Waals surface area contributed by atoms with E-state index in [1.165, 1.54) is 0 Å². The van der Waals surface area contributed by atoms with E-state index >= 15 is 0 Å². The Hall–Kier alpha value is -1.24. The molecule has 0 aliphatic heterocycles. The van der Waals surface area contributed by atoms with Crippen LogP contribution in [0.3, 0.4) is 0 Å². The molecule has 3 N–H and O–H groups in total. The summed E-state index contributed by atoms with van der Waals surface area (Å²) in [7, 11) is 0. The van der Waals surface area contributed by atoms with Crippen molar-refractivity contribution in [1.29, 1.82) is 0 Å². The Morgan fingerprint density at radius 1 is 1.42 bits per heavy atom. The number of carbonyl (C=O) groups is 1. The van der Waals surface area contributed by atoms with E-state index in [1.807, 2.05) is 12.1 Å². The third kappa shape index (κ3) is 4.05. The van der Waals surface area contributed by atoms with Gasteiger partial charge in [0.1, 0.15) is 11.3 Å². The van der Waals surface area contributed by atoms with Crippen LogP contribution in [0.1, 0.15) is 42.6 Å². The largest absolute Gasteiger partial charge is 0.396 e. The summed E-state index contributed by atoms with van der Waals surface area (Å²) in [6.07, 6.45) is 6.45. The molecule has 130 valence electrons. The average Bonchev–Trinajstić information content (AvgIpc) is 2.96. The van der Waals surface area contributed by atoms with Crippen LogP contribution in [0.5, 0.6) is 0 Å². The Kier molecular flexibility index (Phi) is 6.03. The van der Waals surface area contributed by atoms with E-state index in [2.05, 4.69) is 15.3 Å². The first-order valence-electron chi connectivity index (χ1n) is 8.35. The molecule has 1 amide bonds. The first-order valence-corrected chi connectivity index (χ1v) is 9.67. The number of aliphatic hydroxyl groups excluding tert-OH is 1. The molecule has 3 rings (SSSR count). The highest BCUT2D eigenvalue weighted by atomic mass is 35.5. The third-order valence-corrected chi connectivity index (χ3v) is 6.16. The fourth-order valence-corrected chi connectivity index (χ4v) is 4.60. The van der Waals surface area contributed by atoms with Crippen LogP contribution in [-0.4, -0.2) is 44.8 Å². The number of hydrogen-bond acceptors (Lipinski definition) is 4. The Morgan fingerprint density at radius 2 is 2.21 bits per heavy atom. The van der Waals surface area contributed by atoms with Gasteiger partial charge in [-0.15, -0.1) is 23.4 Å². The minimum atomic E-state index is -0.144. The predicted octanol–water partition coefficient (Wildman–Crippen LogP) is 3.32. The Bertz CT molecular complexity index is 698. The lowest BCUT2D eigenvalue weighted by atomic mass is 10.00. The van der Waals surface area contributed by atoms with Crippen molar-refractivity contribution >= 4 is 40.3 Å². The standard InChI is InChI=1S/C17H22ClN3O2S/c18-11-4-6-12(7-5-11)24-15-13-3-1-8-19-16(13)21-14(15)17(23)20-9-2-10-22/h1,3,8,11-12,22H,2,4-7,9-10H2,(H,19,21)(H,20,23). The number of nitrogens with one attached hydrogen (secondary N) is 2. The molecule has 1 fully saturated rings. The van der Waals surface area contributed by atoms with Crippen molar-refractivity contribution in [3.05, 3.63) is 24.0 Å². The zero-order valence-corrected chi connectivity index (χ0v) is 15.0. The van der Waals surface area contributed by atoms with Crippen molar-refractivity contribution in [2.75, 3.05) is 13.2 Å². The number of pyridine rings is 1. The maximum atomic E-state index is 12.5. The normalized spacial score (nSPS) is 21.1. The van der Waals surface area contributed by atoms with Gasteiger partial charge in [-0.05, 0) is 44.2 Å². The minimum Gasteiger partial charge on any atom is -0.396 e. The number of halogens is 1. The zero-order chi connectivity index (χ0) is 16.9. The van der Waals surface area contributed by atoms with Crippen LogP contribution < -0.4 is 5.32 Å². The van der Waals surface area contributed by atoms with Crippen LogP contribution in [-0.2, 0) is 0 Å². The molecule has 2 aromatic rings. The predicted molar refractivity (Wildman–Crippen MR) is 97.9 cm³/mol. The molecule has 0 bridgehead atoms. The molecule has 1 aliphatic rings. The van der Waals surface area contributed by atoms with Crippen molar-refractivity contribution in [1.82, 2.24) is 15.3 Å². The van der Waals surface area contributed by atoms with E-state index in [-0.39, 0.29) is 17.9 Å². The van der Waals surface area contributed by atoms with Gasteiger partial charge in [-0.25, -0.2) is 4.98 Å². The molecule has 0 aromatic carbocycles. The monoisotopic (exact) mass is 367 g/mol. The molecule has 5 nitrogen and oxygen atoms in total. The Morgan fingerprint density at radius 3 is 2.96 bits per heavy atom. The summed E-state index contributed by atoms with van der Waals surface area (Å²) < 4.78 is 0. The highest BCUT2D eigenvalue weighted by Gasteiger charge is 2.25. The van der Waals surface area contributed by atoms with Crippen LogP contribution in [0.15, 0.2) is 23.2 Å². The van der Waals surface area contributed by atoms with E-state index in [1.54, 1.807) is 18.0 Å². The van der Waals surface area contributed by atoms with Crippen LogP contribution >= 0.6 is 23.4 Å². The van der Waals surface area contributed by atoms with E-state index < -0.39 is 0 Å². The number of alkyl halides is 1. The molecule has 1 aliphatic carbocycles. The number of aromatic amines is 1. The molecule has 0 radical (unpaired) electrons. The topological polar surface area (TPSA) is 78.0 Å². The van der Waals surface area contributed by atoms with Crippen molar-refractivity contribution < 1.29 is 9.90 Å². The molecule has 1 saturated carbocycles. The summed E-state index contributed by atoms with van der Waals surface area (Å²) in [5, 5.41) is 13.5. The second-order valence-corrected chi connectivity index (χ2v) is 7.98. The highest BCUT2D eigenvalue weighted by Crippen LogP contribution is 2.39. The number of carbonyl (C=O) groups excluding carboxylic acids is 1. The summed E-state index contributed by atoms with van der Waals surface area (Å²) in [5.74, 6) is -0.144. The molecular formula is C17H22ClN3O2S. The zero-order valence-electron chi connectivity index (χ0n) is 13.4. The summed E-state index contributed by atoms with van der Waals surface area (Å²) in [4.78, 5) is 21.0. The van der Waals surface area contributed by atoms with Crippen molar-refractivity contribution in [3.8, 4) is 0 Å². The van der Waals surface area contributed by atoms with E-state index in [9.17, 15) is 4.79 Å². The molecule has 0 atom stereocenters. The molecule has 0 spiro atoms. The van der Waals surface area contributed by atoms with Gasteiger partial charge in [0, 0.05) is 40.3 Å². The SMILES string of the molecule is O=C(NCCCO)c1[nH]c2ncccc2c1SC1CCC(Cl)CC1. The van der Waals surface area contributed by atoms with Gasteiger partial charge in [-0.2, -0.15) is 0 Å². The lowest BCUT2D eigenvalue weighted by molar-refractivity contribution is 0.0944. The molecule has 0 unspecified atom stereocenters. The number of aromatic nitrogens is 2. The molecule has 24 heavy (non-hydrogen) atoms. The van der Waals surface area contributed by atoms with Gasteiger partial charge < -0.3 is 15.4 Å². The second kappa shape index (κ2) is 8.23. The number of rotatable bonds is 6. The maximum Gasteiger partial charge on any atom is 0.268 e. The summed E-state index contributed by atoms with van der Waals surface area (Å²) in [6.45, 7) is 0.525. The summed E-state index contributed by atoms with van der Waals surface area (Å²) in [5.41, 5.74) is 1.30. The first-order chi connectivity index (χ1) is 11.7. The molecule has 2 aromatic heterocycles. The van der Waals surface area contributed by atoms with Gasteiger partial charge >= 0.3 is 0 Å². The lowest BCUT2D eigenvalue weighted by Gasteiger charge is -2.24. The van der Waals surface area contributed by atoms with Crippen LogP contribution in [0.25, 0.3) is 11.0 Å². The van der Waals surface area contributed by atoms with Crippen molar-refractivity contribution in [2.24, 2.45) is 0 Å². The van der Waals surface area contributed by atoms with Crippen molar-refractivity contribution in [2.45, 2.75) is 47.6 Å². The second-order valence-electron chi connectivity index (χ2n) is 6.05. The van der Waals surface area contributed by atoms with E-state index in [0.29, 0.717) is 23.9 Å². The quantitative estimate of drug-likeness (QED) is 0.540. The number of hydrogen-bond donors (Lipinski definition) is 3. The minimum absolute atomic E-state index is 0.0673. The lowest BCUT2D eigenvalue weighted by Crippen LogP contribution is -2.26. The molecular weight excluding hydrogens is 346 g/mol. The first kappa shape index (κ1) is 17.6. The number of fused-ring (bicyclic) bond motifs is 1. The van der Waals surface area contributed by atoms with E-state index in [0.717, 1.165) is 41.6 Å². The van der Waals surface area contributed by atoms with Gasteiger partial charge in [-0.1, -0.05) is 0 Å². The van der Waals surface area contributed by atoms with Gasteiger partial charge in [0.25, 0.3) is 5.91 Å². The number of thioether (sulfide) groups is 1. The smallest absolute Gasteiger partial charge is 0.268 e. The van der Waals surface area contributed by atoms with E-state index in [4.69, 9.17) is 16.7 Å². The van der Waals surface area contributed by atoms with Gasteiger partial charge in [0.05, 0.1) is 0 Å². The molecule has 0 saturated heterocycles. The average molecular weight is 368 g/mol. The van der Waals surface area contributed by atoms with Crippen LogP contribution in [0.2, 0.25) is 0 Å². The van der Waals surface area contributed by atoms with Gasteiger partial charge in [0.2, 0.25) is 0 Å². The molecule has 7 heteroatoms. The number of aliphatic hydroxyl groups is 1. The van der Waals surface area contributed by atoms with Gasteiger partial charge in [-0.3, -0.25) is 4.79 Å². The van der Waals surface area contributed by atoms with Gasteiger partial charge in [0.15, 0.2) is 0 Å². The summed E-state index contributed by atoms with van der Waals surface area (Å²) in [6, 6.07) is 3.89. The molecule has 2 heterocycles. The number of nitrogens with zero attached hydrogens (tertiary/aromatic N) is 1. The number of amides is 1.